The molecule has 2 N–H and O–H groups in total. The largest absolute Gasteiger partial charge is 0.507 e. The number of carboxylic acids is 1. The molecule has 2 aliphatic rings. The number of hydrogen-bond acceptors (Lipinski definition) is 5. The summed E-state index contributed by atoms with van der Waals surface area (Å²) in [6.45, 7) is 7.55. The van der Waals surface area contributed by atoms with Crippen molar-refractivity contribution >= 4 is 11.9 Å². The van der Waals surface area contributed by atoms with E-state index in [0.29, 0.717) is 31.1 Å². The number of aromatic carboxylic acids is 1. The second-order valence-electron chi connectivity index (χ2n) is 9.50. The Bertz CT molecular complexity index is 1020. The van der Waals surface area contributed by atoms with Gasteiger partial charge in [-0.05, 0) is 68.5 Å². The maximum absolute atomic E-state index is 12.5. The Balaban J connectivity index is 1.37. The number of nitrogens with zero attached hydrogens (tertiary/aromatic N) is 2. The standard InChI is InChI=1S/C26H32N2O5/c1-18-12-20(13-22(24(18)30)25(31)32)14-27-10-8-21(9-11-27)26(2)17-28(23(29)16-33-26)15-19-6-4-3-5-7-19/h3-7,12-13,21,30H,8-11,14-17H2,1-2H3,(H,31,32)/t26-/m1/s1. The number of rotatable bonds is 6. The smallest absolute Gasteiger partial charge is 0.339 e. The number of hydrogen-bond donors (Lipinski definition) is 2. The molecule has 176 valence electrons. The molecule has 2 saturated heterocycles. The summed E-state index contributed by atoms with van der Waals surface area (Å²) in [5, 5.41) is 19.3. The van der Waals surface area contributed by atoms with Crippen molar-refractivity contribution in [3.05, 3.63) is 64.7 Å². The molecule has 0 saturated carbocycles. The highest BCUT2D eigenvalue weighted by molar-refractivity contribution is 5.91. The minimum atomic E-state index is -1.12. The van der Waals surface area contributed by atoms with Gasteiger partial charge in [0.1, 0.15) is 17.9 Å². The summed E-state index contributed by atoms with van der Waals surface area (Å²) in [5.41, 5.74) is 2.16. The minimum Gasteiger partial charge on any atom is -0.507 e. The van der Waals surface area contributed by atoms with Gasteiger partial charge in [-0.2, -0.15) is 0 Å². The molecule has 1 atom stereocenters. The quantitative estimate of drug-likeness (QED) is 0.698. The van der Waals surface area contributed by atoms with Crippen LogP contribution >= 0.6 is 0 Å². The maximum Gasteiger partial charge on any atom is 0.339 e. The number of aryl methyl sites for hydroxylation is 1. The topological polar surface area (TPSA) is 90.3 Å². The minimum absolute atomic E-state index is 0.0331. The number of carbonyl (C=O) groups is 2. The molecule has 2 aromatic rings. The fourth-order valence-corrected chi connectivity index (χ4v) is 5.09. The average Bonchev–Trinajstić information content (AvgIpc) is 2.79. The number of likely N-dealkylation sites (tertiary alicyclic amines) is 1. The molecular formula is C26H32N2O5. The van der Waals surface area contributed by atoms with Crippen LogP contribution in [0.4, 0.5) is 0 Å². The van der Waals surface area contributed by atoms with Gasteiger partial charge in [-0.15, -0.1) is 0 Å². The van der Waals surface area contributed by atoms with E-state index in [-0.39, 0.29) is 29.4 Å². The molecule has 0 spiro atoms. The number of amides is 1. The van der Waals surface area contributed by atoms with Gasteiger partial charge in [-0.3, -0.25) is 9.69 Å². The second-order valence-corrected chi connectivity index (χ2v) is 9.50. The lowest BCUT2D eigenvalue weighted by atomic mass is 9.80. The van der Waals surface area contributed by atoms with Crippen LogP contribution in [-0.2, 0) is 22.6 Å². The van der Waals surface area contributed by atoms with Gasteiger partial charge in [-0.1, -0.05) is 36.4 Å². The van der Waals surface area contributed by atoms with E-state index in [1.165, 1.54) is 0 Å². The average molecular weight is 453 g/mol. The first kappa shape index (κ1) is 23.3. The van der Waals surface area contributed by atoms with Crippen molar-refractivity contribution in [2.45, 2.75) is 45.4 Å². The zero-order valence-electron chi connectivity index (χ0n) is 19.3. The first-order valence-corrected chi connectivity index (χ1v) is 11.5. The van der Waals surface area contributed by atoms with E-state index in [1.807, 2.05) is 41.3 Å². The number of carboxylic acid groups (broad SMARTS) is 1. The zero-order valence-corrected chi connectivity index (χ0v) is 19.3. The molecule has 7 nitrogen and oxygen atoms in total. The van der Waals surface area contributed by atoms with Crippen molar-refractivity contribution in [3.63, 3.8) is 0 Å². The molecule has 1 amide bonds. The van der Waals surface area contributed by atoms with Crippen LogP contribution in [-0.4, -0.2) is 63.7 Å². The lowest BCUT2D eigenvalue weighted by Gasteiger charge is -2.47. The molecule has 2 heterocycles. The lowest BCUT2D eigenvalue weighted by molar-refractivity contribution is -0.174. The molecule has 0 radical (unpaired) electrons. The van der Waals surface area contributed by atoms with Crippen LogP contribution in [0.3, 0.4) is 0 Å². The molecule has 7 heteroatoms. The number of benzene rings is 2. The van der Waals surface area contributed by atoms with E-state index in [4.69, 9.17) is 4.74 Å². The van der Waals surface area contributed by atoms with Crippen molar-refractivity contribution in [2.75, 3.05) is 26.2 Å². The van der Waals surface area contributed by atoms with E-state index < -0.39 is 5.97 Å². The monoisotopic (exact) mass is 452 g/mol. The SMILES string of the molecule is Cc1cc(CN2CCC([C@@]3(C)CN(Cc4ccccc4)C(=O)CO3)CC2)cc(C(=O)O)c1O. The van der Waals surface area contributed by atoms with Crippen LogP contribution in [0.15, 0.2) is 42.5 Å². The molecule has 4 rings (SSSR count). The van der Waals surface area contributed by atoms with Gasteiger partial charge in [-0.25, -0.2) is 4.79 Å². The summed E-state index contributed by atoms with van der Waals surface area (Å²) in [7, 11) is 0. The summed E-state index contributed by atoms with van der Waals surface area (Å²) in [6, 6.07) is 13.5. The van der Waals surface area contributed by atoms with Crippen LogP contribution in [0.5, 0.6) is 5.75 Å². The number of morpholine rings is 1. The van der Waals surface area contributed by atoms with E-state index in [1.54, 1.807) is 13.0 Å². The van der Waals surface area contributed by atoms with Crippen LogP contribution in [0.2, 0.25) is 0 Å². The maximum atomic E-state index is 12.5. The van der Waals surface area contributed by atoms with E-state index in [2.05, 4.69) is 11.8 Å². The van der Waals surface area contributed by atoms with E-state index >= 15 is 0 Å². The molecule has 33 heavy (non-hydrogen) atoms. The third-order valence-electron chi connectivity index (χ3n) is 7.05. The predicted molar refractivity (Wildman–Crippen MR) is 124 cm³/mol. The normalized spacial score (nSPS) is 22.5. The number of phenols is 1. The van der Waals surface area contributed by atoms with Gasteiger partial charge in [0.25, 0.3) is 0 Å². The molecule has 0 aromatic heterocycles. The number of carbonyl (C=O) groups excluding carboxylic acids is 1. The lowest BCUT2D eigenvalue weighted by Crippen LogP contribution is -2.57. The first-order chi connectivity index (χ1) is 15.7. The molecule has 2 aliphatic heterocycles. The van der Waals surface area contributed by atoms with Crippen molar-refractivity contribution in [1.82, 2.24) is 9.80 Å². The van der Waals surface area contributed by atoms with Gasteiger partial charge in [0, 0.05) is 13.1 Å². The summed E-state index contributed by atoms with van der Waals surface area (Å²) in [6.07, 6.45) is 1.90. The van der Waals surface area contributed by atoms with Crippen molar-refractivity contribution in [1.29, 1.82) is 0 Å². The van der Waals surface area contributed by atoms with Crippen molar-refractivity contribution in [2.24, 2.45) is 5.92 Å². The van der Waals surface area contributed by atoms with Crippen LogP contribution in [0.25, 0.3) is 0 Å². The molecule has 0 unspecified atom stereocenters. The van der Waals surface area contributed by atoms with Crippen molar-refractivity contribution < 1.29 is 24.5 Å². The van der Waals surface area contributed by atoms with Gasteiger partial charge in [0.05, 0.1) is 12.1 Å². The molecule has 2 fully saturated rings. The molecule has 0 bridgehead atoms. The summed E-state index contributed by atoms with van der Waals surface area (Å²) < 4.78 is 6.11. The number of piperidine rings is 1. The predicted octanol–water partition coefficient (Wildman–Crippen LogP) is 3.43. The van der Waals surface area contributed by atoms with Crippen LogP contribution in [0, 0.1) is 12.8 Å². The Morgan fingerprint density at radius 3 is 2.48 bits per heavy atom. The van der Waals surface area contributed by atoms with Gasteiger partial charge in [0.15, 0.2) is 0 Å². The Kier molecular flexibility index (Phi) is 6.72. The fourth-order valence-electron chi connectivity index (χ4n) is 5.09. The third kappa shape index (κ3) is 5.20. The van der Waals surface area contributed by atoms with Gasteiger partial charge < -0.3 is 19.8 Å². The first-order valence-electron chi connectivity index (χ1n) is 11.5. The summed E-state index contributed by atoms with van der Waals surface area (Å²) in [4.78, 5) is 28.1. The Labute approximate surface area is 194 Å². The van der Waals surface area contributed by atoms with Crippen molar-refractivity contribution in [3.8, 4) is 5.75 Å². The van der Waals surface area contributed by atoms with Crippen LogP contribution < -0.4 is 0 Å². The molecular weight excluding hydrogens is 420 g/mol. The number of ether oxygens (including phenoxy) is 1. The fraction of sp³-hybridized carbons (Fsp3) is 0.462. The highest BCUT2D eigenvalue weighted by Crippen LogP contribution is 2.35. The zero-order chi connectivity index (χ0) is 23.6. The Hall–Kier alpha value is -2.90. The molecule has 0 aliphatic carbocycles. The summed E-state index contributed by atoms with van der Waals surface area (Å²) in [5.74, 6) is -0.906. The summed E-state index contributed by atoms with van der Waals surface area (Å²) >= 11 is 0. The van der Waals surface area contributed by atoms with Gasteiger partial charge >= 0.3 is 5.97 Å². The number of aromatic hydroxyl groups is 1. The van der Waals surface area contributed by atoms with E-state index in [9.17, 15) is 19.8 Å². The highest BCUT2D eigenvalue weighted by Gasteiger charge is 2.43. The highest BCUT2D eigenvalue weighted by atomic mass is 16.5. The van der Waals surface area contributed by atoms with E-state index in [0.717, 1.165) is 37.1 Å². The Morgan fingerprint density at radius 2 is 1.82 bits per heavy atom. The second kappa shape index (κ2) is 9.53. The van der Waals surface area contributed by atoms with Gasteiger partial charge in [0.2, 0.25) is 5.91 Å². The third-order valence-corrected chi connectivity index (χ3v) is 7.05. The molecule has 2 aromatic carbocycles. The van der Waals surface area contributed by atoms with Crippen LogP contribution in [0.1, 0.15) is 46.8 Å². The Morgan fingerprint density at radius 1 is 1.12 bits per heavy atom.